The van der Waals surface area contributed by atoms with Crippen LogP contribution in [0.3, 0.4) is 0 Å². The maximum absolute atomic E-state index is 5.78. The Morgan fingerprint density at radius 3 is 2.56 bits per heavy atom. The number of anilines is 3. The van der Waals surface area contributed by atoms with Crippen LogP contribution in [0.1, 0.15) is 5.56 Å². The molecule has 0 fully saturated rings. The lowest BCUT2D eigenvalue weighted by molar-refractivity contribution is 1.42. The molecule has 2 aromatic rings. The number of nitrogens with two attached hydrogens (primary N) is 1. The van der Waals surface area contributed by atoms with Gasteiger partial charge in [-0.15, -0.1) is 0 Å². The molecular formula is C13H13IN2. The number of benzene rings is 2. The minimum absolute atomic E-state index is 0.777. The molecule has 0 aromatic heterocycles. The summed E-state index contributed by atoms with van der Waals surface area (Å²) in [6.45, 7) is 2.07. The number of rotatable bonds is 2. The van der Waals surface area contributed by atoms with Crippen molar-refractivity contribution in [3.8, 4) is 0 Å². The van der Waals surface area contributed by atoms with Crippen LogP contribution in [0.15, 0.2) is 42.5 Å². The van der Waals surface area contributed by atoms with E-state index in [9.17, 15) is 0 Å². The topological polar surface area (TPSA) is 38.0 Å². The van der Waals surface area contributed by atoms with Crippen LogP contribution in [0.5, 0.6) is 0 Å². The summed E-state index contributed by atoms with van der Waals surface area (Å²) >= 11 is 2.31. The summed E-state index contributed by atoms with van der Waals surface area (Å²) in [6, 6.07) is 14.1. The molecule has 0 saturated heterocycles. The van der Waals surface area contributed by atoms with Gasteiger partial charge in [-0.3, -0.25) is 0 Å². The molecule has 0 radical (unpaired) electrons. The van der Waals surface area contributed by atoms with Crippen molar-refractivity contribution in [2.75, 3.05) is 11.1 Å². The zero-order chi connectivity index (χ0) is 11.5. The number of nitrogens with one attached hydrogen (secondary N) is 1. The Balaban J connectivity index is 2.34. The third-order valence-corrected chi connectivity index (χ3v) is 3.35. The number of aryl methyl sites for hydroxylation is 1. The third kappa shape index (κ3) is 2.47. The number of hydrogen-bond acceptors (Lipinski definition) is 2. The van der Waals surface area contributed by atoms with Gasteiger partial charge in [-0.1, -0.05) is 18.2 Å². The zero-order valence-corrected chi connectivity index (χ0v) is 11.2. The highest BCUT2D eigenvalue weighted by Gasteiger charge is 2.02. The highest BCUT2D eigenvalue weighted by atomic mass is 127. The molecule has 2 rings (SSSR count). The number of hydrogen-bond donors (Lipinski definition) is 2. The fourth-order valence-electron chi connectivity index (χ4n) is 1.48. The average Bonchev–Trinajstić information content (AvgIpc) is 2.27. The number of para-hydroxylation sites is 1. The van der Waals surface area contributed by atoms with E-state index in [4.69, 9.17) is 5.73 Å². The molecule has 3 N–H and O–H groups in total. The van der Waals surface area contributed by atoms with Crippen molar-refractivity contribution in [1.82, 2.24) is 0 Å². The summed E-state index contributed by atoms with van der Waals surface area (Å²) in [6.07, 6.45) is 0. The first-order chi connectivity index (χ1) is 7.66. The van der Waals surface area contributed by atoms with Gasteiger partial charge in [0.2, 0.25) is 0 Å². The van der Waals surface area contributed by atoms with Gasteiger partial charge in [0.15, 0.2) is 0 Å². The summed E-state index contributed by atoms with van der Waals surface area (Å²) in [5.74, 6) is 0. The Morgan fingerprint density at radius 2 is 1.81 bits per heavy atom. The van der Waals surface area contributed by atoms with E-state index in [0.717, 1.165) is 17.1 Å². The van der Waals surface area contributed by atoms with Gasteiger partial charge in [0, 0.05) is 14.9 Å². The van der Waals surface area contributed by atoms with Gasteiger partial charge in [-0.05, 0) is 59.3 Å². The van der Waals surface area contributed by atoms with Crippen LogP contribution in [-0.2, 0) is 0 Å². The van der Waals surface area contributed by atoms with Crippen LogP contribution < -0.4 is 11.1 Å². The lowest BCUT2D eigenvalue weighted by atomic mass is 10.1. The monoisotopic (exact) mass is 324 g/mol. The highest BCUT2D eigenvalue weighted by molar-refractivity contribution is 14.1. The zero-order valence-electron chi connectivity index (χ0n) is 9.00. The summed E-state index contributed by atoms with van der Waals surface area (Å²) in [5, 5.41) is 3.39. The Hall–Kier alpha value is -1.23. The molecule has 0 bridgehead atoms. The van der Waals surface area contributed by atoms with Crippen molar-refractivity contribution < 1.29 is 0 Å². The molecule has 0 atom stereocenters. The maximum atomic E-state index is 5.78. The molecule has 16 heavy (non-hydrogen) atoms. The molecule has 0 heterocycles. The summed E-state index contributed by atoms with van der Waals surface area (Å²) in [4.78, 5) is 0. The molecule has 2 aromatic carbocycles. The first kappa shape index (κ1) is 11.3. The lowest BCUT2D eigenvalue weighted by Crippen LogP contribution is -1.96. The molecule has 0 amide bonds. The molecular weight excluding hydrogens is 311 g/mol. The van der Waals surface area contributed by atoms with E-state index < -0.39 is 0 Å². The van der Waals surface area contributed by atoms with Crippen molar-refractivity contribution in [3.05, 3.63) is 51.6 Å². The SMILES string of the molecule is Cc1ccc(N)cc1Nc1ccccc1I. The summed E-state index contributed by atoms with van der Waals surface area (Å²) in [7, 11) is 0. The molecule has 2 nitrogen and oxygen atoms in total. The number of halogens is 1. The minimum Gasteiger partial charge on any atom is -0.399 e. The smallest absolute Gasteiger partial charge is 0.0519 e. The molecule has 3 heteroatoms. The third-order valence-electron chi connectivity index (χ3n) is 2.40. The molecule has 0 spiro atoms. The van der Waals surface area contributed by atoms with Crippen LogP contribution in [0.25, 0.3) is 0 Å². The van der Waals surface area contributed by atoms with Crippen molar-refractivity contribution in [3.63, 3.8) is 0 Å². The minimum atomic E-state index is 0.777. The molecule has 0 aliphatic rings. The van der Waals surface area contributed by atoms with Gasteiger partial charge < -0.3 is 11.1 Å². The highest BCUT2D eigenvalue weighted by Crippen LogP contribution is 2.25. The Morgan fingerprint density at radius 1 is 1.06 bits per heavy atom. The van der Waals surface area contributed by atoms with Crippen molar-refractivity contribution in [1.29, 1.82) is 0 Å². The van der Waals surface area contributed by atoms with Gasteiger partial charge in [-0.25, -0.2) is 0 Å². The Bertz CT molecular complexity index is 509. The van der Waals surface area contributed by atoms with Crippen molar-refractivity contribution in [2.24, 2.45) is 0 Å². The predicted molar refractivity (Wildman–Crippen MR) is 78.0 cm³/mol. The van der Waals surface area contributed by atoms with Gasteiger partial charge in [0.1, 0.15) is 0 Å². The van der Waals surface area contributed by atoms with E-state index in [0.29, 0.717) is 0 Å². The maximum Gasteiger partial charge on any atom is 0.0519 e. The Kier molecular flexibility index (Phi) is 3.33. The van der Waals surface area contributed by atoms with Crippen LogP contribution in [-0.4, -0.2) is 0 Å². The summed E-state index contributed by atoms with van der Waals surface area (Å²) in [5.41, 5.74) is 9.91. The van der Waals surface area contributed by atoms with E-state index in [1.807, 2.05) is 30.3 Å². The van der Waals surface area contributed by atoms with Crippen LogP contribution >= 0.6 is 22.6 Å². The van der Waals surface area contributed by atoms with Crippen LogP contribution in [0, 0.1) is 10.5 Å². The van der Waals surface area contributed by atoms with E-state index >= 15 is 0 Å². The Labute approximate surface area is 109 Å². The second-order valence-electron chi connectivity index (χ2n) is 3.68. The van der Waals surface area contributed by atoms with Gasteiger partial charge in [0.05, 0.1) is 5.69 Å². The molecule has 0 saturated carbocycles. The quantitative estimate of drug-likeness (QED) is 0.649. The molecule has 0 aliphatic carbocycles. The van der Waals surface area contributed by atoms with Gasteiger partial charge >= 0.3 is 0 Å². The number of nitrogen functional groups attached to an aromatic ring is 1. The molecule has 82 valence electrons. The van der Waals surface area contributed by atoms with Gasteiger partial charge in [0.25, 0.3) is 0 Å². The predicted octanol–water partition coefficient (Wildman–Crippen LogP) is 3.93. The van der Waals surface area contributed by atoms with Crippen molar-refractivity contribution in [2.45, 2.75) is 6.92 Å². The van der Waals surface area contributed by atoms with E-state index in [1.165, 1.54) is 9.13 Å². The first-order valence-electron chi connectivity index (χ1n) is 5.04. The molecule has 0 aliphatic heterocycles. The van der Waals surface area contributed by atoms with E-state index in [1.54, 1.807) is 0 Å². The fraction of sp³-hybridized carbons (Fsp3) is 0.0769. The van der Waals surface area contributed by atoms with E-state index in [-0.39, 0.29) is 0 Å². The van der Waals surface area contributed by atoms with Crippen LogP contribution in [0.2, 0.25) is 0 Å². The fourth-order valence-corrected chi connectivity index (χ4v) is 2.00. The molecule has 0 unspecified atom stereocenters. The summed E-state index contributed by atoms with van der Waals surface area (Å²) < 4.78 is 1.20. The van der Waals surface area contributed by atoms with Crippen LogP contribution in [0.4, 0.5) is 17.1 Å². The largest absolute Gasteiger partial charge is 0.399 e. The first-order valence-corrected chi connectivity index (χ1v) is 6.12. The second-order valence-corrected chi connectivity index (χ2v) is 4.84. The van der Waals surface area contributed by atoms with E-state index in [2.05, 4.69) is 47.0 Å². The van der Waals surface area contributed by atoms with Gasteiger partial charge in [-0.2, -0.15) is 0 Å². The standard InChI is InChI=1S/C13H13IN2/c1-9-6-7-10(15)8-13(9)16-12-5-3-2-4-11(12)14/h2-8,16H,15H2,1H3. The second kappa shape index (κ2) is 4.74. The lowest BCUT2D eigenvalue weighted by Gasteiger charge is -2.11. The van der Waals surface area contributed by atoms with Crippen molar-refractivity contribution >= 4 is 39.7 Å². The normalized spacial score (nSPS) is 10.1. The average molecular weight is 324 g/mol.